The van der Waals surface area contributed by atoms with Gasteiger partial charge in [-0.2, -0.15) is 0 Å². The first-order valence-electron chi connectivity index (χ1n) is 5.86. The molecule has 94 valence electrons. The van der Waals surface area contributed by atoms with Crippen molar-refractivity contribution in [3.8, 4) is 5.88 Å². The van der Waals surface area contributed by atoms with Crippen LogP contribution in [0, 0.1) is 5.82 Å². The van der Waals surface area contributed by atoms with Crippen molar-refractivity contribution < 1.29 is 9.13 Å². The molecule has 0 saturated heterocycles. The van der Waals surface area contributed by atoms with Crippen LogP contribution < -0.4 is 10.1 Å². The van der Waals surface area contributed by atoms with Gasteiger partial charge in [0.05, 0.1) is 12.8 Å². The third-order valence-corrected chi connectivity index (χ3v) is 2.19. The number of hydrogen-bond donors (Lipinski definition) is 1. The minimum absolute atomic E-state index is 0.339. The van der Waals surface area contributed by atoms with Crippen molar-refractivity contribution in [2.24, 2.45) is 0 Å². The van der Waals surface area contributed by atoms with Crippen molar-refractivity contribution in [2.45, 2.75) is 26.3 Å². The van der Waals surface area contributed by atoms with Gasteiger partial charge in [-0.3, -0.25) is 0 Å². The topological polar surface area (TPSA) is 34.1 Å². The molecule has 0 aliphatic carbocycles. The largest absolute Gasteiger partial charge is 0.477 e. The summed E-state index contributed by atoms with van der Waals surface area (Å²) in [5, 5.41) is 3.20. The van der Waals surface area contributed by atoms with E-state index in [2.05, 4.69) is 23.8 Å². The van der Waals surface area contributed by atoms with E-state index in [0.717, 1.165) is 24.9 Å². The number of aromatic nitrogens is 1. The molecule has 1 aromatic rings. The Labute approximate surface area is 102 Å². The van der Waals surface area contributed by atoms with E-state index in [1.165, 1.54) is 12.3 Å². The SMILES string of the molecule is C=CCCOc1ncc(F)cc1CNCCC. The van der Waals surface area contributed by atoms with Crippen molar-refractivity contribution >= 4 is 0 Å². The Kier molecular flexibility index (Phi) is 6.25. The lowest BCUT2D eigenvalue weighted by molar-refractivity contribution is 0.306. The summed E-state index contributed by atoms with van der Waals surface area (Å²) in [4.78, 5) is 3.96. The molecule has 0 fully saturated rings. The Morgan fingerprint density at radius 3 is 3.12 bits per heavy atom. The van der Waals surface area contributed by atoms with Gasteiger partial charge in [-0.05, 0) is 25.5 Å². The van der Waals surface area contributed by atoms with Crippen LogP contribution in [0.25, 0.3) is 0 Å². The van der Waals surface area contributed by atoms with Crippen LogP contribution in [0.1, 0.15) is 25.3 Å². The summed E-state index contributed by atoms with van der Waals surface area (Å²) in [6.45, 7) is 7.68. The fraction of sp³-hybridized carbons (Fsp3) is 0.462. The van der Waals surface area contributed by atoms with Crippen LogP contribution in [0.4, 0.5) is 4.39 Å². The van der Waals surface area contributed by atoms with Gasteiger partial charge < -0.3 is 10.1 Å². The molecule has 0 spiro atoms. The smallest absolute Gasteiger partial charge is 0.218 e. The zero-order valence-corrected chi connectivity index (χ0v) is 10.2. The summed E-state index contributed by atoms with van der Waals surface area (Å²) in [6.07, 6.45) is 4.74. The van der Waals surface area contributed by atoms with E-state index in [9.17, 15) is 4.39 Å². The first-order chi connectivity index (χ1) is 8.27. The molecule has 0 bridgehead atoms. The zero-order chi connectivity index (χ0) is 12.5. The van der Waals surface area contributed by atoms with E-state index < -0.39 is 0 Å². The normalized spacial score (nSPS) is 10.2. The molecule has 3 nitrogen and oxygen atoms in total. The van der Waals surface area contributed by atoms with Crippen molar-refractivity contribution in [3.63, 3.8) is 0 Å². The highest BCUT2D eigenvalue weighted by Crippen LogP contribution is 2.16. The zero-order valence-electron chi connectivity index (χ0n) is 10.2. The third-order valence-electron chi connectivity index (χ3n) is 2.19. The van der Waals surface area contributed by atoms with Crippen LogP contribution >= 0.6 is 0 Å². The maximum Gasteiger partial charge on any atom is 0.218 e. The van der Waals surface area contributed by atoms with Crippen LogP contribution in [0.5, 0.6) is 5.88 Å². The highest BCUT2D eigenvalue weighted by atomic mass is 19.1. The van der Waals surface area contributed by atoms with Gasteiger partial charge in [-0.25, -0.2) is 9.37 Å². The van der Waals surface area contributed by atoms with Crippen molar-refractivity contribution in [1.29, 1.82) is 0 Å². The van der Waals surface area contributed by atoms with Gasteiger partial charge in [0, 0.05) is 12.1 Å². The van der Waals surface area contributed by atoms with Gasteiger partial charge in [-0.1, -0.05) is 13.0 Å². The summed E-state index contributed by atoms with van der Waals surface area (Å²) in [7, 11) is 0. The van der Waals surface area contributed by atoms with Crippen molar-refractivity contribution in [2.75, 3.05) is 13.2 Å². The molecule has 0 atom stereocenters. The first-order valence-corrected chi connectivity index (χ1v) is 5.86. The predicted molar refractivity (Wildman–Crippen MR) is 66.5 cm³/mol. The number of hydrogen-bond acceptors (Lipinski definition) is 3. The number of ether oxygens (including phenoxy) is 1. The number of nitrogens with one attached hydrogen (secondary N) is 1. The standard InChI is InChI=1S/C13H19FN2O/c1-3-5-7-17-13-11(9-15-6-4-2)8-12(14)10-16-13/h3,8,10,15H,1,4-7,9H2,2H3. The van der Waals surface area contributed by atoms with E-state index in [1.807, 2.05) is 0 Å². The predicted octanol–water partition coefficient (Wildman–Crippen LogP) is 2.68. The molecular formula is C13H19FN2O. The van der Waals surface area contributed by atoms with Crippen LogP contribution in [0.3, 0.4) is 0 Å². The summed E-state index contributed by atoms with van der Waals surface area (Å²) in [6, 6.07) is 1.46. The van der Waals surface area contributed by atoms with E-state index in [-0.39, 0.29) is 5.82 Å². The number of rotatable bonds is 8. The summed E-state index contributed by atoms with van der Waals surface area (Å²) in [5.74, 6) is 0.159. The molecule has 0 aromatic carbocycles. The van der Waals surface area contributed by atoms with Crippen LogP contribution in [-0.4, -0.2) is 18.1 Å². The van der Waals surface area contributed by atoms with Gasteiger partial charge >= 0.3 is 0 Å². The lowest BCUT2D eigenvalue weighted by Crippen LogP contribution is -2.15. The lowest BCUT2D eigenvalue weighted by Gasteiger charge is -2.10. The second kappa shape index (κ2) is 7.79. The van der Waals surface area contributed by atoms with Gasteiger partial charge in [0.15, 0.2) is 0 Å². The first kappa shape index (κ1) is 13.6. The molecular weight excluding hydrogens is 219 g/mol. The second-order valence-corrected chi connectivity index (χ2v) is 3.72. The molecule has 1 aromatic heterocycles. The maximum absolute atomic E-state index is 13.1. The van der Waals surface area contributed by atoms with Gasteiger partial charge in [0.2, 0.25) is 5.88 Å². The van der Waals surface area contributed by atoms with Crippen LogP contribution in [0.15, 0.2) is 24.9 Å². The lowest BCUT2D eigenvalue weighted by atomic mass is 10.2. The molecule has 0 aliphatic rings. The van der Waals surface area contributed by atoms with Crippen LogP contribution in [-0.2, 0) is 6.54 Å². The van der Waals surface area contributed by atoms with Crippen LogP contribution in [0.2, 0.25) is 0 Å². The highest BCUT2D eigenvalue weighted by molar-refractivity contribution is 5.26. The summed E-state index contributed by atoms with van der Waals surface area (Å²) >= 11 is 0. The number of nitrogens with zero attached hydrogens (tertiary/aromatic N) is 1. The molecule has 0 amide bonds. The number of pyridine rings is 1. The monoisotopic (exact) mass is 238 g/mol. The van der Waals surface area contributed by atoms with Crippen molar-refractivity contribution in [3.05, 3.63) is 36.3 Å². The van der Waals surface area contributed by atoms with E-state index in [4.69, 9.17) is 4.74 Å². The molecule has 0 radical (unpaired) electrons. The number of halogens is 1. The van der Waals surface area contributed by atoms with Gasteiger partial charge in [-0.15, -0.1) is 6.58 Å². The van der Waals surface area contributed by atoms with Gasteiger partial charge in [0.25, 0.3) is 0 Å². The summed E-state index contributed by atoms with van der Waals surface area (Å²) < 4.78 is 18.6. The quantitative estimate of drug-likeness (QED) is 0.558. The molecule has 0 saturated carbocycles. The van der Waals surface area contributed by atoms with E-state index in [1.54, 1.807) is 6.08 Å². The Balaban J connectivity index is 2.62. The molecule has 1 N–H and O–H groups in total. The highest BCUT2D eigenvalue weighted by Gasteiger charge is 2.06. The Hall–Kier alpha value is -1.42. The summed E-state index contributed by atoms with van der Waals surface area (Å²) in [5.41, 5.74) is 0.752. The Morgan fingerprint density at radius 1 is 1.59 bits per heavy atom. The molecule has 0 aliphatic heterocycles. The average Bonchev–Trinajstić information content (AvgIpc) is 2.32. The molecule has 0 unspecified atom stereocenters. The second-order valence-electron chi connectivity index (χ2n) is 3.72. The maximum atomic E-state index is 13.1. The van der Waals surface area contributed by atoms with E-state index in [0.29, 0.717) is 19.0 Å². The van der Waals surface area contributed by atoms with Crippen molar-refractivity contribution in [1.82, 2.24) is 10.3 Å². The molecule has 17 heavy (non-hydrogen) atoms. The molecule has 1 heterocycles. The Bertz CT molecular complexity index is 355. The minimum atomic E-state index is -0.339. The van der Waals surface area contributed by atoms with Gasteiger partial charge in [0.1, 0.15) is 5.82 Å². The average molecular weight is 238 g/mol. The molecule has 4 heteroatoms. The third kappa shape index (κ3) is 4.95. The Morgan fingerprint density at radius 2 is 2.41 bits per heavy atom. The fourth-order valence-corrected chi connectivity index (χ4v) is 1.36. The fourth-order valence-electron chi connectivity index (χ4n) is 1.36. The molecule has 1 rings (SSSR count). The minimum Gasteiger partial charge on any atom is -0.477 e. The van der Waals surface area contributed by atoms with E-state index >= 15 is 0 Å².